The third-order valence-electron chi connectivity index (χ3n) is 6.94. The number of rotatable bonds is 10. The van der Waals surface area contributed by atoms with Crippen molar-refractivity contribution in [2.24, 2.45) is 0 Å². The fourth-order valence-corrected chi connectivity index (χ4v) is 6.33. The summed E-state index contributed by atoms with van der Waals surface area (Å²) in [5.74, 6) is 2.70. The quantitative estimate of drug-likeness (QED) is 0.256. The Morgan fingerprint density at radius 1 is 0.676 bits per heavy atom. The van der Waals surface area contributed by atoms with Crippen LogP contribution in [0.2, 0.25) is 0 Å². The molecule has 0 fully saturated rings. The van der Waals surface area contributed by atoms with Crippen LogP contribution in [-0.4, -0.2) is 47.3 Å². The summed E-state index contributed by atoms with van der Waals surface area (Å²) in [5.41, 5.74) is 5.73. The van der Waals surface area contributed by atoms with Crippen molar-refractivity contribution in [1.29, 1.82) is 0 Å². The molecule has 0 radical (unpaired) electrons. The molecule has 2 atom stereocenters. The van der Waals surface area contributed by atoms with Gasteiger partial charge in [0.25, 0.3) is 0 Å². The molecule has 2 unspecified atom stereocenters. The van der Waals surface area contributed by atoms with Gasteiger partial charge in [-0.25, -0.2) is 0 Å². The zero-order valence-corrected chi connectivity index (χ0v) is 25.7. The highest BCUT2D eigenvalue weighted by molar-refractivity contribution is 9.11. The van der Waals surface area contributed by atoms with Crippen LogP contribution in [0.5, 0.6) is 28.7 Å². The number of ether oxygens (including phenoxy) is 5. The average molecular weight is 638 g/mol. The SMILES string of the molecule is COc1ccc(C(CO)C(c2c(OC)cc(OC)c(Br)c2C)c2c(C)c(OC)cc(OC)c2Br)c(C)c1. The maximum Gasteiger partial charge on any atom is 0.137 e. The molecule has 3 aromatic carbocycles. The van der Waals surface area contributed by atoms with Crippen molar-refractivity contribution >= 4 is 31.9 Å². The largest absolute Gasteiger partial charge is 0.497 e. The van der Waals surface area contributed by atoms with Crippen molar-refractivity contribution in [2.45, 2.75) is 32.6 Å². The van der Waals surface area contributed by atoms with E-state index in [0.29, 0.717) is 23.0 Å². The second-order valence-corrected chi connectivity index (χ2v) is 10.3. The van der Waals surface area contributed by atoms with Gasteiger partial charge < -0.3 is 28.8 Å². The molecule has 0 spiro atoms. The molecule has 0 aliphatic carbocycles. The summed E-state index contributed by atoms with van der Waals surface area (Å²) < 4.78 is 30.1. The Morgan fingerprint density at radius 2 is 1.24 bits per heavy atom. The molecule has 0 saturated heterocycles. The van der Waals surface area contributed by atoms with Crippen molar-refractivity contribution in [3.63, 3.8) is 0 Å². The minimum absolute atomic E-state index is 0.116. The van der Waals surface area contributed by atoms with Crippen molar-refractivity contribution in [3.8, 4) is 28.7 Å². The van der Waals surface area contributed by atoms with Gasteiger partial charge >= 0.3 is 0 Å². The zero-order chi connectivity index (χ0) is 27.4. The Balaban J connectivity index is 2.50. The lowest BCUT2D eigenvalue weighted by Gasteiger charge is -2.33. The van der Waals surface area contributed by atoms with Gasteiger partial charge in [0.1, 0.15) is 28.7 Å². The minimum atomic E-state index is -0.354. The molecule has 3 rings (SSSR count). The van der Waals surface area contributed by atoms with Gasteiger partial charge in [-0.05, 0) is 92.6 Å². The Bertz CT molecular complexity index is 1250. The Labute approximate surface area is 236 Å². The smallest absolute Gasteiger partial charge is 0.137 e. The molecule has 0 aliphatic heterocycles. The molecule has 0 heterocycles. The number of aliphatic hydroxyl groups excluding tert-OH is 1. The first-order valence-electron chi connectivity index (χ1n) is 11.8. The van der Waals surface area contributed by atoms with Gasteiger partial charge in [0.05, 0.1) is 51.1 Å². The lowest BCUT2D eigenvalue weighted by Crippen LogP contribution is -2.21. The lowest BCUT2D eigenvalue weighted by atomic mass is 9.73. The highest BCUT2D eigenvalue weighted by atomic mass is 79.9. The molecule has 3 aromatic rings. The van der Waals surface area contributed by atoms with E-state index in [1.165, 1.54) is 0 Å². The van der Waals surface area contributed by atoms with Crippen LogP contribution in [-0.2, 0) is 0 Å². The molecule has 6 nitrogen and oxygen atoms in total. The molecule has 0 saturated carbocycles. The summed E-state index contributed by atoms with van der Waals surface area (Å²) in [7, 11) is 8.18. The summed E-state index contributed by atoms with van der Waals surface area (Å²) in [4.78, 5) is 0. The van der Waals surface area contributed by atoms with Gasteiger partial charge in [-0.15, -0.1) is 0 Å². The van der Waals surface area contributed by atoms with Crippen LogP contribution >= 0.6 is 31.9 Å². The number of halogens is 2. The molecule has 1 N–H and O–H groups in total. The van der Waals surface area contributed by atoms with Crippen LogP contribution in [0, 0.1) is 20.8 Å². The van der Waals surface area contributed by atoms with Crippen molar-refractivity contribution in [1.82, 2.24) is 0 Å². The maximum atomic E-state index is 11.0. The van der Waals surface area contributed by atoms with Gasteiger partial charge in [0, 0.05) is 29.5 Å². The first-order valence-corrected chi connectivity index (χ1v) is 13.3. The fourth-order valence-electron chi connectivity index (χ4n) is 5.02. The van der Waals surface area contributed by atoms with Crippen molar-refractivity contribution in [2.75, 3.05) is 42.2 Å². The number of hydrogen-bond donors (Lipinski definition) is 1. The van der Waals surface area contributed by atoms with E-state index in [-0.39, 0.29) is 18.4 Å². The normalized spacial score (nSPS) is 12.6. The maximum absolute atomic E-state index is 11.0. The molecule has 200 valence electrons. The second-order valence-electron chi connectivity index (χ2n) is 8.76. The summed E-state index contributed by atoms with van der Waals surface area (Å²) in [6.07, 6.45) is 0. The number of aliphatic hydroxyl groups is 1. The lowest BCUT2D eigenvalue weighted by molar-refractivity contribution is 0.252. The van der Waals surface area contributed by atoms with E-state index in [4.69, 9.17) is 23.7 Å². The van der Waals surface area contributed by atoms with E-state index in [1.54, 1.807) is 35.5 Å². The topological polar surface area (TPSA) is 66.4 Å². The first kappa shape index (κ1) is 29.1. The standard InChI is InChI=1S/C29H34Br2O6/c1-15-11-18(33-4)9-10-19(15)20(14-32)27(25-17(3)28(30)23(36-7)13-22(25)35-6)26-16(2)21(34-5)12-24(37-8)29(26)31/h9-13,20,27,32H,14H2,1-8H3. The van der Waals surface area contributed by atoms with E-state index in [2.05, 4.69) is 31.9 Å². The van der Waals surface area contributed by atoms with Gasteiger partial charge in [0.2, 0.25) is 0 Å². The molecule has 0 amide bonds. The number of benzene rings is 3. The fraction of sp³-hybridized carbons (Fsp3) is 0.379. The average Bonchev–Trinajstić information content (AvgIpc) is 2.90. The molecular formula is C29H34Br2O6. The highest BCUT2D eigenvalue weighted by Gasteiger charge is 2.36. The molecule has 0 aromatic heterocycles. The van der Waals surface area contributed by atoms with Crippen molar-refractivity contribution in [3.05, 3.63) is 72.7 Å². The Kier molecular flexibility index (Phi) is 9.78. The van der Waals surface area contributed by atoms with Crippen LogP contribution < -0.4 is 23.7 Å². The molecule has 0 aliphatic rings. The predicted molar refractivity (Wildman–Crippen MR) is 153 cm³/mol. The molecule has 8 heteroatoms. The summed E-state index contributed by atoms with van der Waals surface area (Å²) in [6.45, 7) is 5.95. The summed E-state index contributed by atoms with van der Waals surface area (Å²) in [6, 6.07) is 9.65. The summed E-state index contributed by atoms with van der Waals surface area (Å²) in [5, 5.41) is 11.0. The van der Waals surface area contributed by atoms with Gasteiger partial charge in [0.15, 0.2) is 0 Å². The third kappa shape index (κ3) is 5.42. The number of aryl methyl sites for hydroxylation is 1. The van der Waals surface area contributed by atoms with E-state index in [1.807, 2.05) is 51.1 Å². The van der Waals surface area contributed by atoms with Gasteiger partial charge in [-0.2, -0.15) is 0 Å². The second kappa shape index (κ2) is 12.4. The first-order chi connectivity index (χ1) is 17.7. The Morgan fingerprint density at radius 3 is 1.76 bits per heavy atom. The monoisotopic (exact) mass is 636 g/mol. The van der Waals surface area contributed by atoms with E-state index < -0.39 is 0 Å². The van der Waals surface area contributed by atoms with Crippen molar-refractivity contribution < 1.29 is 28.8 Å². The third-order valence-corrected chi connectivity index (χ3v) is 8.75. The zero-order valence-electron chi connectivity index (χ0n) is 22.5. The van der Waals surface area contributed by atoms with E-state index in [9.17, 15) is 5.11 Å². The van der Waals surface area contributed by atoms with E-state index >= 15 is 0 Å². The number of methoxy groups -OCH3 is 5. The minimum Gasteiger partial charge on any atom is -0.497 e. The van der Waals surface area contributed by atoms with Crippen LogP contribution in [0.3, 0.4) is 0 Å². The predicted octanol–water partition coefficient (Wildman–Crippen LogP) is 7.09. The summed E-state index contributed by atoms with van der Waals surface area (Å²) >= 11 is 7.55. The highest BCUT2D eigenvalue weighted by Crippen LogP contribution is 2.53. The molecule has 0 bridgehead atoms. The van der Waals surface area contributed by atoms with Crippen LogP contribution in [0.25, 0.3) is 0 Å². The van der Waals surface area contributed by atoms with Crippen LogP contribution in [0.15, 0.2) is 39.3 Å². The van der Waals surface area contributed by atoms with E-state index in [0.717, 1.165) is 48.1 Å². The number of hydrogen-bond acceptors (Lipinski definition) is 6. The van der Waals surface area contributed by atoms with Gasteiger partial charge in [-0.1, -0.05) is 6.07 Å². The van der Waals surface area contributed by atoms with Crippen LogP contribution in [0.4, 0.5) is 0 Å². The van der Waals surface area contributed by atoms with Gasteiger partial charge in [-0.3, -0.25) is 0 Å². The van der Waals surface area contributed by atoms with Crippen LogP contribution in [0.1, 0.15) is 45.2 Å². The molecule has 37 heavy (non-hydrogen) atoms. The Hall–Kier alpha value is -2.42. The molecular weight excluding hydrogens is 604 g/mol.